The minimum Gasteiger partial charge on any atom is -0.507 e. The van der Waals surface area contributed by atoms with Crippen LogP contribution in [0, 0.1) is 37.4 Å². The fourth-order valence-electron chi connectivity index (χ4n) is 12.2. The number of phenolic OH excluding ortho intramolecular Hbond substituents is 2. The highest BCUT2D eigenvalue weighted by Crippen LogP contribution is 2.37. The molecule has 1 atom stereocenters. The van der Waals surface area contributed by atoms with Crippen LogP contribution in [-0.2, 0) is 4.74 Å². The molecule has 1 saturated heterocycles. The number of amides is 1. The first kappa shape index (κ1) is 70.0. The number of nitrogens with two attached hydrogens (primary N) is 1. The van der Waals surface area contributed by atoms with Crippen molar-refractivity contribution in [2.24, 2.45) is 0 Å². The molecule has 21 heteroatoms. The van der Waals surface area contributed by atoms with Crippen molar-refractivity contribution in [2.45, 2.75) is 25.7 Å². The Morgan fingerprint density at radius 3 is 1.94 bits per heavy atom. The van der Waals surface area contributed by atoms with Gasteiger partial charge in [0.2, 0.25) is 0 Å². The molecule has 1 amide bonds. The van der Waals surface area contributed by atoms with Crippen LogP contribution in [0.1, 0.15) is 51.5 Å². The Labute approximate surface area is 595 Å². The standard InChI is InChI=1S/C25H17NO3.C23H14FNO.C21H22N4O3.C14H16N6O/c1-2-20-21(19-12-13-23(27)24(28)14-19)15-22(26-25(20)29)18-10-8-17(9-11-18)16-6-4-3-5-7-16;1-2-20-21(18-8-7-15-5-3-4-6-17(15)13-18)14-22(25-23(20)26)16-9-11-19(24)12-10-16;1-13-4-6-14(7-5-13)16-11-23-24-20(16)15-3-2-8-25(12-15)21(28)17-10-22-19(27)9-18(17)26;1-21-7-6-16-12-8-10(9-2-4-17-13(9)20-12)14-18-5-3-11(15)19-14/h1,3-15,27-28H,(H,26,29);1,3-14H,(H,25,26);4-7,9-11,15H,2-3,8,12H2,1H3,(H,23,24)(H2,22,26,27);2-5,8H,6-7H2,1H3,(H2,15,18,19)(H2,16,17,20). The molecule has 1 fully saturated rings. The molecular weight excluding hydrogens is 1310 g/mol. The lowest BCUT2D eigenvalue weighted by Gasteiger charge is -2.33. The molecule has 0 saturated carbocycles. The van der Waals surface area contributed by atoms with Gasteiger partial charge in [0.1, 0.15) is 28.8 Å². The van der Waals surface area contributed by atoms with Gasteiger partial charge in [0.05, 0.1) is 29.5 Å². The second kappa shape index (κ2) is 32.0. The predicted octanol–water partition coefficient (Wildman–Crippen LogP) is 14.2. The number of anilines is 2. The van der Waals surface area contributed by atoms with E-state index < -0.39 is 5.56 Å². The first-order valence-electron chi connectivity index (χ1n) is 33.0. The molecule has 7 aromatic carbocycles. The summed E-state index contributed by atoms with van der Waals surface area (Å²) in [5, 5.41) is 43.1. The molecule has 7 aromatic heterocycles. The lowest BCUT2D eigenvalue weighted by molar-refractivity contribution is 0.0702. The van der Waals surface area contributed by atoms with Crippen LogP contribution in [-0.4, -0.2) is 105 Å². The average Bonchev–Trinajstić information content (AvgIpc) is 1.22. The van der Waals surface area contributed by atoms with E-state index in [4.69, 9.17) is 23.3 Å². The van der Waals surface area contributed by atoms with Crippen molar-refractivity contribution in [1.82, 2.24) is 50.0 Å². The number of aromatic nitrogens is 9. The number of fused-ring (bicyclic) bond motifs is 2. The van der Waals surface area contributed by atoms with Crippen molar-refractivity contribution in [3.8, 4) is 120 Å². The number of phenols is 2. The summed E-state index contributed by atoms with van der Waals surface area (Å²) in [6, 6.07) is 60.6. The van der Waals surface area contributed by atoms with E-state index in [0.29, 0.717) is 71.5 Å². The number of rotatable bonds is 13. The number of hydrogen-bond acceptors (Lipinski definition) is 14. The summed E-state index contributed by atoms with van der Waals surface area (Å²) in [5.41, 5.74) is 18.7. The predicted molar refractivity (Wildman–Crippen MR) is 405 cm³/mol. The Kier molecular flexibility index (Phi) is 21.5. The first-order valence-corrected chi connectivity index (χ1v) is 33.0. The van der Waals surface area contributed by atoms with Crippen LogP contribution in [0.5, 0.6) is 17.2 Å². The second-order valence-electron chi connectivity index (χ2n) is 24.4. The molecule has 0 bridgehead atoms. The third-order valence-electron chi connectivity index (χ3n) is 17.5. The van der Waals surface area contributed by atoms with Crippen LogP contribution in [0.15, 0.2) is 239 Å². The number of pyridine rings is 4. The highest BCUT2D eigenvalue weighted by Gasteiger charge is 2.30. The topological polar surface area (TPSA) is 310 Å². The number of halogens is 1. The van der Waals surface area contributed by atoms with E-state index in [9.17, 15) is 38.9 Å². The van der Waals surface area contributed by atoms with Crippen molar-refractivity contribution in [3.63, 3.8) is 0 Å². The summed E-state index contributed by atoms with van der Waals surface area (Å²) in [4.78, 5) is 75.2. The Morgan fingerprint density at radius 2 is 1.28 bits per heavy atom. The number of hydrogen-bond donors (Lipinski definition) is 10. The summed E-state index contributed by atoms with van der Waals surface area (Å²) in [6.45, 7) is 4.47. The Morgan fingerprint density at radius 1 is 0.654 bits per heavy atom. The number of terminal acetylenes is 2. The number of benzene rings is 7. The van der Waals surface area contributed by atoms with Crippen LogP contribution < -0.4 is 27.7 Å². The zero-order valence-corrected chi connectivity index (χ0v) is 56.4. The summed E-state index contributed by atoms with van der Waals surface area (Å²) in [7, 11) is 1.66. The van der Waals surface area contributed by atoms with Gasteiger partial charge in [0.25, 0.3) is 22.6 Å². The number of carbonyl (C=O) groups excluding carboxylic acids is 1. The third kappa shape index (κ3) is 16.2. The molecule has 11 N–H and O–H groups in total. The zero-order valence-electron chi connectivity index (χ0n) is 56.4. The maximum absolute atomic E-state index is 13.2. The number of likely N-dealkylation sites (tertiary alicyclic amines) is 1. The van der Waals surface area contributed by atoms with Gasteiger partial charge in [-0.15, -0.1) is 12.8 Å². The van der Waals surface area contributed by atoms with Crippen molar-refractivity contribution in [3.05, 3.63) is 290 Å². The summed E-state index contributed by atoms with van der Waals surface area (Å²) < 4.78 is 18.2. The van der Waals surface area contributed by atoms with E-state index in [1.807, 2.05) is 128 Å². The van der Waals surface area contributed by atoms with E-state index in [-0.39, 0.29) is 62.7 Å². The van der Waals surface area contributed by atoms with E-state index in [1.165, 1.54) is 36.0 Å². The number of piperidine rings is 1. The number of aryl methyl sites for hydroxylation is 1. The van der Waals surface area contributed by atoms with E-state index >= 15 is 0 Å². The Bertz CT molecular complexity index is 5700. The number of nitrogen functional groups attached to an aromatic ring is 1. The van der Waals surface area contributed by atoms with Crippen LogP contribution in [0.4, 0.5) is 16.0 Å². The molecule has 0 spiro atoms. The zero-order chi connectivity index (χ0) is 72.8. The summed E-state index contributed by atoms with van der Waals surface area (Å²) >= 11 is 0. The van der Waals surface area contributed by atoms with Gasteiger partial charge < -0.3 is 55.9 Å². The summed E-state index contributed by atoms with van der Waals surface area (Å²) in [6.07, 6.45) is 19.5. The number of ether oxygens (including phenoxy) is 1. The molecule has 1 aliphatic rings. The SMILES string of the molecule is C#Cc1c(-c2ccc(O)c(O)c2)cc(-c2ccc(-c3ccccc3)cc2)[nH]c1=O.C#Cc1c(-c2ccc3ccccc3c2)cc(-c2ccc(F)cc2)[nH]c1=O.COCCNc1cc(-c2nccc(N)n2)c2cc[nH]c2n1.Cc1ccc(-c2cn[nH]c2C2CCCN(C(=O)c3c[nH]c(=O)cc3O)C2)cc1. The van der Waals surface area contributed by atoms with Gasteiger partial charge in [0.15, 0.2) is 17.3 Å². The van der Waals surface area contributed by atoms with Crippen LogP contribution in [0.2, 0.25) is 0 Å². The highest BCUT2D eigenvalue weighted by atomic mass is 19.1. The Hall–Kier alpha value is -13.9. The highest BCUT2D eigenvalue weighted by molar-refractivity contribution is 5.97. The molecule has 516 valence electrons. The maximum Gasteiger partial charge on any atom is 0.264 e. The van der Waals surface area contributed by atoms with Gasteiger partial charge in [-0.25, -0.2) is 19.3 Å². The lowest BCUT2D eigenvalue weighted by Crippen LogP contribution is -2.39. The van der Waals surface area contributed by atoms with Gasteiger partial charge in [0, 0.05) is 102 Å². The number of methoxy groups -OCH3 is 1. The minimum absolute atomic E-state index is 0.114. The monoisotopic (exact) mass is 1380 g/mol. The Balaban J connectivity index is 0.000000131. The van der Waals surface area contributed by atoms with Crippen molar-refractivity contribution < 1.29 is 29.2 Å². The number of nitrogens with zero attached hydrogens (tertiary/aromatic N) is 5. The van der Waals surface area contributed by atoms with Crippen LogP contribution >= 0.6 is 0 Å². The van der Waals surface area contributed by atoms with Gasteiger partial charge in [-0.1, -0.05) is 139 Å². The quantitative estimate of drug-likeness (QED) is 0.0292. The van der Waals surface area contributed by atoms with E-state index in [0.717, 1.165) is 91.2 Å². The molecule has 8 heterocycles. The molecule has 20 nitrogen and oxygen atoms in total. The largest absolute Gasteiger partial charge is 0.507 e. The molecule has 0 aliphatic carbocycles. The summed E-state index contributed by atoms with van der Waals surface area (Å²) in [5.74, 6) is 5.38. The number of H-pyrrole nitrogens is 5. The molecule has 0 radical (unpaired) electrons. The molecule has 1 aliphatic heterocycles. The van der Waals surface area contributed by atoms with E-state index in [2.05, 4.69) is 93.4 Å². The lowest BCUT2D eigenvalue weighted by atomic mass is 9.90. The van der Waals surface area contributed by atoms with Crippen LogP contribution in [0.25, 0.3) is 100 Å². The second-order valence-corrected chi connectivity index (χ2v) is 24.4. The van der Waals surface area contributed by atoms with Gasteiger partial charge >= 0.3 is 0 Å². The van der Waals surface area contributed by atoms with Gasteiger partial charge in [-0.05, 0) is 142 Å². The maximum atomic E-state index is 13.2. The molecular formula is C83H69FN12O8. The van der Waals surface area contributed by atoms with Gasteiger partial charge in [-0.3, -0.25) is 24.3 Å². The number of aromatic hydroxyl groups is 3. The average molecular weight is 1380 g/mol. The fraction of sp³-hybridized carbons (Fsp3) is 0.108. The fourth-order valence-corrected chi connectivity index (χ4v) is 12.2. The van der Waals surface area contributed by atoms with Crippen molar-refractivity contribution in [2.75, 3.05) is 44.4 Å². The smallest absolute Gasteiger partial charge is 0.264 e. The molecule has 104 heavy (non-hydrogen) atoms. The van der Waals surface area contributed by atoms with Crippen molar-refractivity contribution in [1.29, 1.82) is 0 Å². The molecule has 14 aromatic rings. The molecule has 15 rings (SSSR count). The van der Waals surface area contributed by atoms with Crippen LogP contribution in [0.3, 0.4) is 0 Å². The minimum atomic E-state index is -0.439. The molecule has 1 unspecified atom stereocenters. The van der Waals surface area contributed by atoms with Gasteiger partial charge in [-0.2, -0.15) is 5.10 Å². The number of aromatic amines is 5. The normalized spacial score (nSPS) is 12.3. The van der Waals surface area contributed by atoms with Crippen molar-refractivity contribution >= 4 is 39.3 Å². The first-order chi connectivity index (χ1) is 50.5. The van der Waals surface area contributed by atoms with E-state index in [1.54, 1.807) is 48.5 Å². The number of nitrogens with one attached hydrogen (secondary N) is 6. The number of carbonyl (C=O) groups is 1. The third-order valence-corrected chi connectivity index (χ3v) is 17.5.